The van der Waals surface area contributed by atoms with E-state index in [2.05, 4.69) is 4.98 Å². The van der Waals surface area contributed by atoms with Crippen LogP contribution in [0.4, 0.5) is 0 Å². The van der Waals surface area contributed by atoms with Gasteiger partial charge in [0.15, 0.2) is 0 Å². The lowest BCUT2D eigenvalue weighted by Gasteiger charge is -2.05. The smallest absolute Gasteiger partial charge is 0.219 e. The Bertz CT molecular complexity index is 532. The van der Waals surface area contributed by atoms with Crippen LogP contribution in [-0.2, 0) is 4.79 Å². The fraction of sp³-hybridized carbons (Fsp3) is 0.273. The topological polar surface area (TPSA) is 82.0 Å². The highest BCUT2D eigenvalue weighted by Crippen LogP contribution is 2.32. The maximum absolute atomic E-state index is 10.8. The summed E-state index contributed by atoms with van der Waals surface area (Å²) in [6, 6.07) is 3.60. The Kier molecular flexibility index (Phi) is 3.56. The van der Waals surface area contributed by atoms with Crippen molar-refractivity contribution < 1.29 is 4.79 Å². The molecule has 0 spiro atoms. The second kappa shape index (κ2) is 4.95. The summed E-state index contributed by atoms with van der Waals surface area (Å²) in [5, 5.41) is 3.06. The fourth-order valence-electron chi connectivity index (χ4n) is 1.48. The molecule has 2 aromatic heterocycles. The molecule has 0 fully saturated rings. The largest absolute Gasteiger partial charge is 0.370 e. The lowest BCUT2D eigenvalue weighted by Crippen LogP contribution is -2.19. The van der Waals surface area contributed by atoms with Gasteiger partial charge in [0.25, 0.3) is 0 Å². The molecule has 6 heteroatoms. The number of nitrogens with zero attached hydrogens (tertiary/aromatic N) is 1. The van der Waals surface area contributed by atoms with E-state index >= 15 is 0 Å². The van der Waals surface area contributed by atoms with Crippen molar-refractivity contribution in [2.45, 2.75) is 19.4 Å². The van der Waals surface area contributed by atoms with Crippen LogP contribution < -0.4 is 11.5 Å². The average molecular weight is 267 g/mol. The first-order valence-corrected chi connectivity index (χ1v) is 6.82. The van der Waals surface area contributed by atoms with E-state index in [9.17, 15) is 4.79 Å². The van der Waals surface area contributed by atoms with Crippen molar-refractivity contribution in [3.05, 3.63) is 27.4 Å². The highest BCUT2D eigenvalue weighted by molar-refractivity contribution is 7.16. The number of aromatic nitrogens is 1. The SMILES string of the molecule is Cc1nc(-c2ccc(C(N)CC(N)=O)s2)cs1. The van der Waals surface area contributed by atoms with Crippen LogP contribution in [0.25, 0.3) is 10.6 Å². The van der Waals surface area contributed by atoms with Crippen molar-refractivity contribution >= 4 is 28.6 Å². The van der Waals surface area contributed by atoms with E-state index in [1.54, 1.807) is 22.7 Å². The monoisotopic (exact) mass is 267 g/mol. The molecule has 4 nitrogen and oxygen atoms in total. The summed E-state index contributed by atoms with van der Waals surface area (Å²) in [5.74, 6) is -0.378. The number of nitrogens with two attached hydrogens (primary N) is 2. The van der Waals surface area contributed by atoms with E-state index in [1.165, 1.54) is 0 Å². The molecular weight excluding hydrogens is 254 g/mol. The van der Waals surface area contributed by atoms with E-state index in [-0.39, 0.29) is 18.4 Å². The average Bonchev–Trinajstić information content (AvgIpc) is 2.84. The molecule has 4 N–H and O–H groups in total. The predicted octanol–water partition coefficient (Wildman–Crippen LogP) is 2.06. The van der Waals surface area contributed by atoms with Crippen LogP contribution in [-0.4, -0.2) is 10.9 Å². The van der Waals surface area contributed by atoms with Crippen molar-refractivity contribution in [1.82, 2.24) is 4.98 Å². The van der Waals surface area contributed by atoms with Crippen LogP contribution in [0, 0.1) is 6.92 Å². The van der Waals surface area contributed by atoms with Gasteiger partial charge in [-0.05, 0) is 19.1 Å². The molecule has 17 heavy (non-hydrogen) atoms. The molecule has 0 saturated heterocycles. The lowest BCUT2D eigenvalue weighted by atomic mass is 10.2. The van der Waals surface area contributed by atoms with E-state index in [0.717, 1.165) is 20.5 Å². The van der Waals surface area contributed by atoms with Crippen LogP contribution in [0.2, 0.25) is 0 Å². The number of aryl methyl sites for hydroxylation is 1. The molecule has 2 aromatic rings. The van der Waals surface area contributed by atoms with Gasteiger partial charge in [-0.1, -0.05) is 0 Å². The quantitative estimate of drug-likeness (QED) is 0.889. The molecule has 1 unspecified atom stereocenters. The van der Waals surface area contributed by atoms with Crippen LogP contribution in [0.15, 0.2) is 17.5 Å². The second-order valence-electron chi connectivity index (χ2n) is 3.73. The van der Waals surface area contributed by atoms with Crippen molar-refractivity contribution in [1.29, 1.82) is 0 Å². The number of primary amides is 1. The molecule has 1 amide bonds. The maximum Gasteiger partial charge on any atom is 0.219 e. The van der Waals surface area contributed by atoms with Crippen molar-refractivity contribution in [2.24, 2.45) is 11.5 Å². The van der Waals surface area contributed by atoms with Crippen LogP contribution >= 0.6 is 22.7 Å². The van der Waals surface area contributed by atoms with Crippen LogP contribution in [0.5, 0.6) is 0 Å². The molecule has 1 atom stereocenters. The Morgan fingerprint density at radius 1 is 1.53 bits per heavy atom. The van der Waals surface area contributed by atoms with Gasteiger partial charge in [-0.2, -0.15) is 0 Å². The van der Waals surface area contributed by atoms with Crippen LogP contribution in [0.3, 0.4) is 0 Å². The summed E-state index contributed by atoms with van der Waals surface area (Å²) >= 11 is 3.18. The highest BCUT2D eigenvalue weighted by Gasteiger charge is 2.13. The lowest BCUT2D eigenvalue weighted by molar-refractivity contribution is -0.118. The summed E-state index contributed by atoms with van der Waals surface area (Å²) in [7, 11) is 0. The summed E-state index contributed by atoms with van der Waals surface area (Å²) in [4.78, 5) is 17.2. The van der Waals surface area contributed by atoms with Gasteiger partial charge < -0.3 is 11.5 Å². The third-order valence-corrected chi connectivity index (χ3v) is 4.30. The Morgan fingerprint density at radius 3 is 2.88 bits per heavy atom. The number of rotatable bonds is 4. The molecule has 0 bridgehead atoms. The molecular formula is C11H13N3OS2. The van der Waals surface area contributed by atoms with Crippen molar-refractivity contribution in [3.63, 3.8) is 0 Å². The van der Waals surface area contributed by atoms with Crippen LogP contribution in [0.1, 0.15) is 22.3 Å². The number of hydrogen-bond donors (Lipinski definition) is 2. The Morgan fingerprint density at radius 2 is 2.29 bits per heavy atom. The normalized spacial score (nSPS) is 12.6. The molecule has 0 aliphatic carbocycles. The first-order valence-electron chi connectivity index (χ1n) is 5.12. The number of carbonyl (C=O) groups excluding carboxylic acids is 1. The van der Waals surface area contributed by atoms with Gasteiger partial charge in [-0.25, -0.2) is 4.98 Å². The third-order valence-electron chi connectivity index (χ3n) is 2.28. The molecule has 0 radical (unpaired) electrons. The Balaban J connectivity index is 2.18. The van der Waals surface area contributed by atoms with E-state index in [4.69, 9.17) is 11.5 Å². The maximum atomic E-state index is 10.8. The van der Waals surface area contributed by atoms with Gasteiger partial charge >= 0.3 is 0 Å². The number of thiophene rings is 1. The minimum atomic E-state index is -0.378. The van der Waals surface area contributed by atoms with E-state index in [0.29, 0.717) is 0 Å². The number of carbonyl (C=O) groups is 1. The molecule has 0 saturated carbocycles. The number of hydrogen-bond acceptors (Lipinski definition) is 5. The zero-order valence-corrected chi connectivity index (χ0v) is 11.0. The first kappa shape index (κ1) is 12.2. The van der Waals surface area contributed by atoms with E-state index in [1.807, 2.05) is 24.4 Å². The standard InChI is InChI=1S/C11H13N3OS2/c1-6-14-8(5-16-6)10-3-2-9(17-10)7(12)4-11(13)15/h2-3,5,7H,4,12H2,1H3,(H2,13,15). The molecule has 90 valence electrons. The zero-order valence-electron chi connectivity index (χ0n) is 9.34. The summed E-state index contributed by atoms with van der Waals surface area (Å²) in [6.45, 7) is 1.97. The molecule has 2 heterocycles. The molecule has 2 rings (SSSR count). The molecule has 0 aliphatic heterocycles. The van der Waals surface area contributed by atoms with Gasteiger partial charge in [-0.15, -0.1) is 22.7 Å². The molecule has 0 aromatic carbocycles. The second-order valence-corrected chi connectivity index (χ2v) is 5.91. The van der Waals surface area contributed by atoms with Gasteiger partial charge in [-0.3, -0.25) is 4.79 Å². The van der Waals surface area contributed by atoms with Crippen molar-refractivity contribution in [3.8, 4) is 10.6 Å². The minimum Gasteiger partial charge on any atom is -0.370 e. The Hall–Kier alpha value is -1.24. The highest BCUT2D eigenvalue weighted by atomic mass is 32.1. The summed E-state index contributed by atoms with van der Waals surface area (Å²) < 4.78 is 0. The fourth-order valence-corrected chi connectivity index (χ4v) is 3.14. The minimum absolute atomic E-state index is 0.177. The first-order chi connectivity index (χ1) is 8.06. The van der Waals surface area contributed by atoms with Crippen molar-refractivity contribution in [2.75, 3.05) is 0 Å². The zero-order chi connectivity index (χ0) is 12.4. The summed E-state index contributed by atoms with van der Waals surface area (Å²) in [6.07, 6.45) is 0.177. The number of thiazole rings is 1. The predicted molar refractivity (Wildman–Crippen MR) is 70.9 cm³/mol. The molecule has 0 aliphatic rings. The number of amides is 1. The summed E-state index contributed by atoms with van der Waals surface area (Å²) in [5.41, 5.74) is 12.0. The Labute approximate surface area is 107 Å². The van der Waals surface area contributed by atoms with Gasteiger partial charge in [0.1, 0.15) is 0 Å². The van der Waals surface area contributed by atoms with Gasteiger partial charge in [0.05, 0.1) is 15.6 Å². The van der Waals surface area contributed by atoms with Gasteiger partial charge in [0, 0.05) is 22.7 Å². The third kappa shape index (κ3) is 2.91. The van der Waals surface area contributed by atoms with E-state index < -0.39 is 0 Å². The van der Waals surface area contributed by atoms with Gasteiger partial charge in [0.2, 0.25) is 5.91 Å².